The molecule has 2 rings (SSSR count). The quantitative estimate of drug-likeness (QED) is 0.885. The maximum Gasteiger partial charge on any atom is 0.202 e. The Morgan fingerprint density at radius 3 is 2.78 bits per heavy atom. The van der Waals surface area contributed by atoms with E-state index >= 15 is 0 Å². The van der Waals surface area contributed by atoms with E-state index in [1.54, 1.807) is 0 Å². The van der Waals surface area contributed by atoms with E-state index in [1.165, 1.54) is 24.4 Å². The summed E-state index contributed by atoms with van der Waals surface area (Å²) < 4.78 is 4.43. The molecule has 5 heteroatoms. The maximum atomic E-state index is 4.57. The lowest BCUT2D eigenvalue weighted by Crippen LogP contribution is -2.42. The van der Waals surface area contributed by atoms with E-state index in [0.717, 1.165) is 30.6 Å². The first-order valence-electron chi connectivity index (χ1n) is 6.68. The van der Waals surface area contributed by atoms with Crippen molar-refractivity contribution in [1.82, 2.24) is 14.7 Å². The van der Waals surface area contributed by atoms with Crippen LogP contribution in [0.2, 0.25) is 0 Å². The summed E-state index contributed by atoms with van der Waals surface area (Å²) in [5.41, 5.74) is 0.374. The molecule has 0 aromatic carbocycles. The van der Waals surface area contributed by atoms with Crippen LogP contribution >= 0.6 is 11.5 Å². The minimum Gasteiger partial charge on any atom is -0.360 e. The van der Waals surface area contributed by atoms with E-state index in [4.69, 9.17) is 0 Å². The van der Waals surface area contributed by atoms with Gasteiger partial charge in [-0.3, -0.25) is 0 Å². The highest BCUT2D eigenvalue weighted by molar-refractivity contribution is 7.09. The van der Waals surface area contributed by atoms with Gasteiger partial charge in [-0.15, -0.1) is 0 Å². The van der Waals surface area contributed by atoms with Gasteiger partial charge in [0, 0.05) is 30.0 Å². The Hall–Kier alpha value is -0.680. The Morgan fingerprint density at radius 2 is 2.22 bits per heavy atom. The van der Waals surface area contributed by atoms with Crippen LogP contribution in [-0.4, -0.2) is 29.0 Å². The first-order chi connectivity index (χ1) is 8.39. The third kappa shape index (κ3) is 3.42. The van der Waals surface area contributed by atoms with E-state index in [-0.39, 0.29) is 5.41 Å². The smallest absolute Gasteiger partial charge is 0.202 e. The van der Waals surface area contributed by atoms with Crippen LogP contribution in [-0.2, 0) is 5.41 Å². The normalized spacial score (nSPS) is 25.1. The minimum absolute atomic E-state index is 0.0345. The summed E-state index contributed by atoms with van der Waals surface area (Å²) in [6, 6.07) is 0. The van der Waals surface area contributed by atoms with Crippen LogP contribution in [0.5, 0.6) is 0 Å². The van der Waals surface area contributed by atoms with Crippen molar-refractivity contribution in [1.29, 1.82) is 0 Å². The highest BCUT2D eigenvalue weighted by atomic mass is 32.1. The number of piperidine rings is 1. The number of nitrogens with zero attached hydrogens (tertiary/aromatic N) is 2. The van der Waals surface area contributed by atoms with Crippen molar-refractivity contribution in [3.05, 3.63) is 5.82 Å². The van der Waals surface area contributed by atoms with Crippen molar-refractivity contribution in [3.63, 3.8) is 0 Å². The van der Waals surface area contributed by atoms with Gasteiger partial charge in [0.25, 0.3) is 0 Å². The average molecular weight is 268 g/mol. The minimum atomic E-state index is 0.0345. The van der Waals surface area contributed by atoms with Gasteiger partial charge in [-0.05, 0) is 24.8 Å². The van der Waals surface area contributed by atoms with E-state index in [1.807, 2.05) is 0 Å². The van der Waals surface area contributed by atoms with E-state index in [9.17, 15) is 0 Å². The molecule has 1 fully saturated rings. The summed E-state index contributed by atoms with van der Waals surface area (Å²) in [7, 11) is 0. The highest BCUT2D eigenvalue weighted by Crippen LogP contribution is 2.27. The van der Waals surface area contributed by atoms with Gasteiger partial charge in [-0.25, -0.2) is 4.98 Å². The van der Waals surface area contributed by atoms with E-state index in [2.05, 4.69) is 47.7 Å². The van der Waals surface area contributed by atoms with Crippen molar-refractivity contribution in [2.45, 2.75) is 46.0 Å². The zero-order chi connectivity index (χ0) is 13.2. The molecule has 2 heterocycles. The van der Waals surface area contributed by atoms with Crippen LogP contribution in [0.15, 0.2) is 0 Å². The fraction of sp³-hybridized carbons (Fsp3) is 0.846. The topological polar surface area (TPSA) is 49.8 Å². The van der Waals surface area contributed by atoms with Crippen LogP contribution in [0.25, 0.3) is 0 Å². The van der Waals surface area contributed by atoms with Gasteiger partial charge >= 0.3 is 0 Å². The monoisotopic (exact) mass is 268 g/mol. The third-order valence-electron chi connectivity index (χ3n) is 3.45. The fourth-order valence-electron chi connectivity index (χ4n) is 2.16. The molecule has 0 bridgehead atoms. The molecule has 102 valence electrons. The summed E-state index contributed by atoms with van der Waals surface area (Å²) >= 11 is 1.47. The third-order valence-corrected chi connectivity index (χ3v) is 4.12. The summed E-state index contributed by atoms with van der Waals surface area (Å²) in [6.45, 7) is 12.0. The van der Waals surface area contributed by atoms with Gasteiger partial charge in [0.05, 0.1) is 0 Å². The van der Waals surface area contributed by atoms with Gasteiger partial charge in [-0.2, -0.15) is 4.37 Å². The standard InChI is InChI=1S/C13H24N4S/c1-12(2,3)10-16-11(18-17-10)15-9-13(4)6-5-7-14-8-13/h14H,5-9H2,1-4H3,(H,15,16,17). The van der Waals surface area contributed by atoms with Gasteiger partial charge in [0.2, 0.25) is 5.13 Å². The van der Waals surface area contributed by atoms with Crippen molar-refractivity contribution < 1.29 is 0 Å². The lowest BCUT2D eigenvalue weighted by molar-refractivity contribution is 0.253. The molecule has 4 nitrogen and oxygen atoms in total. The van der Waals surface area contributed by atoms with Crippen molar-refractivity contribution in [2.24, 2.45) is 5.41 Å². The summed E-state index contributed by atoms with van der Waals surface area (Å²) in [4.78, 5) is 4.57. The molecule has 2 N–H and O–H groups in total. The highest BCUT2D eigenvalue weighted by Gasteiger charge is 2.27. The number of aromatic nitrogens is 2. The molecule has 1 aromatic rings. The summed E-state index contributed by atoms with van der Waals surface area (Å²) in [5.74, 6) is 0.932. The fourth-order valence-corrected chi connectivity index (χ4v) is 2.91. The summed E-state index contributed by atoms with van der Waals surface area (Å²) in [6.07, 6.45) is 2.54. The zero-order valence-electron chi connectivity index (χ0n) is 11.8. The molecule has 1 saturated heterocycles. The molecule has 0 amide bonds. The van der Waals surface area contributed by atoms with Crippen molar-refractivity contribution >= 4 is 16.7 Å². The van der Waals surface area contributed by atoms with E-state index < -0.39 is 0 Å². The van der Waals surface area contributed by atoms with Gasteiger partial charge < -0.3 is 10.6 Å². The van der Waals surface area contributed by atoms with Crippen LogP contribution in [0.4, 0.5) is 5.13 Å². The second kappa shape index (κ2) is 5.13. The van der Waals surface area contributed by atoms with Crippen LogP contribution in [0.1, 0.15) is 46.4 Å². The van der Waals surface area contributed by atoms with E-state index in [0.29, 0.717) is 5.41 Å². The van der Waals surface area contributed by atoms with Gasteiger partial charge in [0.15, 0.2) is 0 Å². The number of hydrogen-bond acceptors (Lipinski definition) is 5. The Balaban J connectivity index is 1.92. The first kappa shape index (κ1) is 13.7. The SMILES string of the molecule is CC1(CNc2nc(C(C)(C)C)ns2)CCCNC1. The molecule has 1 aliphatic rings. The molecular weight excluding hydrogens is 244 g/mol. The number of rotatable bonds is 3. The summed E-state index contributed by atoms with van der Waals surface area (Å²) in [5, 5.41) is 7.87. The molecule has 0 aliphatic carbocycles. The molecule has 0 saturated carbocycles. The van der Waals surface area contributed by atoms with Gasteiger partial charge in [0.1, 0.15) is 5.82 Å². The largest absolute Gasteiger partial charge is 0.360 e. The van der Waals surface area contributed by atoms with Crippen molar-refractivity contribution in [3.8, 4) is 0 Å². The van der Waals surface area contributed by atoms with Crippen LogP contribution < -0.4 is 10.6 Å². The second-order valence-corrected chi connectivity index (χ2v) is 7.37. The predicted octanol–water partition coefficient (Wildman–Crippen LogP) is 2.64. The average Bonchev–Trinajstić information content (AvgIpc) is 2.76. The molecule has 1 aliphatic heterocycles. The number of hydrogen-bond donors (Lipinski definition) is 2. The van der Waals surface area contributed by atoms with Crippen molar-refractivity contribution in [2.75, 3.05) is 25.0 Å². The lowest BCUT2D eigenvalue weighted by atomic mass is 9.83. The Morgan fingerprint density at radius 1 is 1.44 bits per heavy atom. The molecule has 1 aromatic heterocycles. The number of nitrogens with one attached hydrogen (secondary N) is 2. The first-order valence-corrected chi connectivity index (χ1v) is 7.45. The lowest BCUT2D eigenvalue weighted by Gasteiger charge is -2.34. The zero-order valence-corrected chi connectivity index (χ0v) is 12.7. The Bertz CT molecular complexity index is 388. The Kier molecular flexibility index (Phi) is 3.92. The Labute approximate surface area is 114 Å². The molecule has 1 unspecified atom stereocenters. The van der Waals surface area contributed by atoms with Crippen LogP contribution in [0.3, 0.4) is 0 Å². The molecule has 18 heavy (non-hydrogen) atoms. The van der Waals surface area contributed by atoms with Crippen LogP contribution in [0, 0.1) is 5.41 Å². The molecule has 0 spiro atoms. The molecular formula is C13H24N4S. The molecule has 0 radical (unpaired) electrons. The van der Waals surface area contributed by atoms with Gasteiger partial charge in [-0.1, -0.05) is 27.7 Å². The second-order valence-electron chi connectivity index (χ2n) is 6.62. The maximum absolute atomic E-state index is 4.57. The number of anilines is 1. The predicted molar refractivity (Wildman–Crippen MR) is 77.3 cm³/mol. The molecule has 1 atom stereocenters.